The molecule has 0 aliphatic carbocycles. The molecule has 1 fully saturated rings. The maximum atomic E-state index is 12.3. The van der Waals surface area contributed by atoms with Crippen LogP contribution in [0.4, 0.5) is 5.88 Å². The lowest BCUT2D eigenvalue weighted by Crippen LogP contribution is -2.48. The predicted molar refractivity (Wildman–Crippen MR) is 80.3 cm³/mol. The van der Waals surface area contributed by atoms with E-state index >= 15 is 0 Å². The Morgan fingerprint density at radius 2 is 2.36 bits per heavy atom. The van der Waals surface area contributed by atoms with Gasteiger partial charge in [-0.25, -0.2) is 0 Å². The maximum absolute atomic E-state index is 12.3. The number of aromatic nitrogens is 1. The molecule has 7 heteroatoms. The number of anilines is 1. The molecular formula is C15H23N3O4. The standard InChI is InChI=1S/C15H23N3O4/c1-4-21-15(20)12-6-5-7-18(9-12)11(3)14(19)16-13-8-10(2)17-22-13/h8,11-12H,4-7,9H2,1-3H3,(H,16,19)/t11-,12-/m1/s1. The number of hydrogen-bond donors (Lipinski definition) is 1. The molecule has 1 aromatic heterocycles. The van der Waals surface area contributed by atoms with E-state index in [1.165, 1.54) is 0 Å². The van der Waals surface area contributed by atoms with Crippen LogP contribution in [0.25, 0.3) is 0 Å². The van der Waals surface area contributed by atoms with Crippen LogP contribution < -0.4 is 5.32 Å². The molecule has 1 saturated heterocycles. The molecule has 1 aliphatic rings. The van der Waals surface area contributed by atoms with E-state index in [0.29, 0.717) is 24.7 Å². The number of rotatable bonds is 5. The van der Waals surface area contributed by atoms with Crippen LogP contribution in [0.15, 0.2) is 10.6 Å². The number of carbonyl (C=O) groups is 2. The van der Waals surface area contributed by atoms with Crippen LogP contribution in [0, 0.1) is 12.8 Å². The van der Waals surface area contributed by atoms with Crippen LogP contribution >= 0.6 is 0 Å². The number of nitrogens with one attached hydrogen (secondary N) is 1. The van der Waals surface area contributed by atoms with Crippen LogP contribution in [0.5, 0.6) is 0 Å². The molecule has 0 saturated carbocycles. The van der Waals surface area contributed by atoms with E-state index in [-0.39, 0.29) is 23.8 Å². The Labute approximate surface area is 130 Å². The summed E-state index contributed by atoms with van der Waals surface area (Å²) in [5, 5.41) is 6.44. The second-order valence-corrected chi connectivity index (χ2v) is 5.58. The third-order valence-corrected chi connectivity index (χ3v) is 3.87. The van der Waals surface area contributed by atoms with Crippen molar-refractivity contribution in [3.63, 3.8) is 0 Å². The van der Waals surface area contributed by atoms with Crippen molar-refractivity contribution >= 4 is 17.8 Å². The summed E-state index contributed by atoms with van der Waals surface area (Å²) in [6, 6.07) is 1.32. The second kappa shape index (κ2) is 7.40. The number of nitrogens with zero attached hydrogens (tertiary/aromatic N) is 2. The molecule has 2 atom stereocenters. The lowest BCUT2D eigenvalue weighted by molar-refractivity contribution is -0.150. The molecule has 2 heterocycles. The number of ether oxygens (including phenoxy) is 1. The fourth-order valence-electron chi connectivity index (χ4n) is 2.62. The van der Waals surface area contributed by atoms with Crippen molar-refractivity contribution in [2.24, 2.45) is 5.92 Å². The summed E-state index contributed by atoms with van der Waals surface area (Å²) in [5.74, 6) is -0.156. The molecule has 1 N–H and O–H groups in total. The van der Waals surface area contributed by atoms with E-state index in [2.05, 4.69) is 10.5 Å². The number of piperidine rings is 1. The maximum Gasteiger partial charge on any atom is 0.310 e. The Bertz CT molecular complexity index is 529. The van der Waals surface area contributed by atoms with Crippen molar-refractivity contribution in [2.45, 2.75) is 39.7 Å². The minimum absolute atomic E-state index is 0.156. The highest BCUT2D eigenvalue weighted by Crippen LogP contribution is 2.20. The largest absolute Gasteiger partial charge is 0.466 e. The lowest BCUT2D eigenvalue weighted by atomic mass is 9.97. The van der Waals surface area contributed by atoms with Gasteiger partial charge in [0.25, 0.3) is 0 Å². The zero-order chi connectivity index (χ0) is 16.1. The predicted octanol–water partition coefficient (Wildman–Crippen LogP) is 1.59. The Balaban J connectivity index is 1.91. The molecule has 7 nitrogen and oxygen atoms in total. The molecule has 0 radical (unpaired) electrons. The first-order valence-electron chi connectivity index (χ1n) is 7.66. The van der Waals surface area contributed by atoms with E-state index in [9.17, 15) is 9.59 Å². The Kier molecular flexibility index (Phi) is 5.54. The van der Waals surface area contributed by atoms with E-state index in [0.717, 1.165) is 19.4 Å². The van der Waals surface area contributed by atoms with Crippen LogP contribution in [0.3, 0.4) is 0 Å². The van der Waals surface area contributed by atoms with Gasteiger partial charge >= 0.3 is 5.97 Å². The molecule has 1 aromatic rings. The van der Waals surface area contributed by atoms with Crippen molar-refractivity contribution in [1.82, 2.24) is 10.1 Å². The van der Waals surface area contributed by atoms with Crippen LogP contribution in [-0.4, -0.2) is 47.7 Å². The van der Waals surface area contributed by atoms with Crippen LogP contribution in [0.2, 0.25) is 0 Å². The van der Waals surface area contributed by atoms with Gasteiger partial charge in [-0.05, 0) is 40.2 Å². The molecule has 1 aliphatic heterocycles. The number of carbonyl (C=O) groups excluding carboxylic acids is 2. The van der Waals surface area contributed by atoms with Crippen LogP contribution in [0.1, 0.15) is 32.4 Å². The fourth-order valence-corrected chi connectivity index (χ4v) is 2.62. The fraction of sp³-hybridized carbons (Fsp3) is 0.667. The van der Waals surface area contributed by atoms with Gasteiger partial charge in [0.2, 0.25) is 11.8 Å². The van der Waals surface area contributed by atoms with Crippen LogP contribution in [-0.2, 0) is 14.3 Å². The van der Waals surface area contributed by atoms with E-state index in [1.807, 2.05) is 11.8 Å². The van der Waals surface area contributed by atoms with Crippen molar-refractivity contribution in [1.29, 1.82) is 0 Å². The average Bonchev–Trinajstić information content (AvgIpc) is 2.92. The highest BCUT2D eigenvalue weighted by atomic mass is 16.5. The highest BCUT2D eigenvalue weighted by Gasteiger charge is 2.31. The smallest absolute Gasteiger partial charge is 0.310 e. The average molecular weight is 309 g/mol. The summed E-state index contributed by atoms with van der Waals surface area (Å²) in [7, 11) is 0. The molecule has 122 valence electrons. The monoisotopic (exact) mass is 309 g/mol. The topological polar surface area (TPSA) is 84.7 Å². The van der Waals surface area contributed by atoms with Gasteiger partial charge in [-0.1, -0.05) is 5.16 Å². The molecule has 0 aromatic carbocycles. The number of likely N-dealkylation sites (tertiary alicyclic amines) is 1. The lowest BCUT2D eigenvalue weighted by Gasteiger charge is -2.34. The Morgan fingerprint density at radius 3 is 3.00 bits per heavy atom. The molecule has 0 bridgehead atoms. The number of aryl methyl sites for hydroxylation is 1. The second-order valence-electron chi connectivity index (χ2n) is 5.58. The van der Waals surface area contributed by atoms with Crippen molar-refractivity contribution < 1.29 is 18.8 Å². The molecule has 2 rings (SSSR count). The zero-order valence-corrected chi connectivity index (χ0v) is 13.3. The number of amides is 1. The van der Waals surface area contributed by atoms with E-state index in [1.54, 1.807) is 19.9 Å². The quantitative estimate of drug-likeness (QED) is 0.831. The third kappa shape index (κ3) is 4.07. The number of hydrogen-bond acceptors (Lipinski definition) is 6. The summed E-state index contributed by atoms with van der Waals surface area (Å²) in [4.78, 5) is 26.1. The first-order chi connectivity index (χ1) is 10.5. The van der Waals surface area contributed by atoms with Gasteiger partial charge < -0.3 is 9.26 Å². The number of esters is 1. The zero-order valence-electron chi connectivity index (χ0n) is 13.3. The van der Waals surface area contributed by atoms with Crippen molar-refractivity contribution in [3.05, 3.63) is 11.8 Å². The van der Waals surface area contributed by atoms with Gasteiger partial charge in [-0.3, -0.25) is 19.8 Å². The SMILES string of the molecule is CCOC(=O)[C@@H]1CCCN([C@H](C)C(=O)Nc2cc(C)no2)C1. The van der Waals surface area contributed by atoms with Crippen molar-refractivity contribution in [3.8, 4) is 0 Å². The van der Waals surface area contributed by atoms with Gasteiger partial charge in [0.1, 0.15) is 0 Å². The molecule has 22 heavy (non-hydrogen) atoms. The summed E-state index contributed by atoms with van der Waals surface area (Å²) in [5.41, 5.74) is 0.711. The van der Waals surface area contributed by atoms with Gasteiger partial charge in [0, 0.05) is 12.6 Å². The molecule has 1 amide bonds. The minimum Gasteiger partial charge on any atom is -0.466 e. The first-order valence-corrected chi connectivity index (χ1v) is 7.66. The summed E-state index contributed by atoms with van der Waals surface area (Å²) < 4.78 is 10.1. The molecule has 0 unspecified atom stereocenters. The summed E-state index contributed by atoms with van der Waals surface area (Å²) >= 11 is 0. The van der Waals surface area contributed by atoms with Crippen molar-refractivity contribution in [2.75, 3.05) is 25.0 Å². The summed E-state index contributed by atoms with van der Waals surface area (Å²) in [6.07, 6.45) is 1.69. The first kappa shape index (κ1) is 16.5. The van der Waals surface area contributed by atoms with Gasteiger partial charge in [0.15, 0.2) is 0 Å². The summed E-state index contributed by atoms with van der Waals surface area (Å²) in [6.45, 7) is 7.14. The third-order valence-electron chi connectivity index (χ3n) is 3.87. The normalized spacial score (nSPS) is 20.4. The van der Waals surface area contributed by atoms with Gasteiger partial charge in [0.05, 0.1) is 24.3 Å². The minimum atomic E-state index is -0.345. The highest BCUT2D eigenvalue weighted by molar-refractivity contribution is 5.93. The van der Waals surface area contributed by atoms with E-state index < -0.39 is 0 Å². The van der Waals surface area contributed by atoms with E-state index in [4.69, 9.17) is 9.26 Å². The van der Waals surface area contributed by atoms with Gasteiger partial charge in [-0.15, -0.1) is 0 Å². The molecular weight excluding hydrogens is 286 g/mol. The van der Waals surface area contributed by atoms with Gasteiger partial charge in [-0.2, -0.15) is 0 Å². The Hall–Kier alpha value is -1.89. The molecule has 0 spiro atoms. The Morgan fingerprint density at radius 1 is 1.59 bits per heavy atom.